The standard InChI is InChI=1S/C11H21NO2/c1-8(2)7-11(12,10(13)14)9-5-3-4-6-9/h8-9H,3-7,12H2,1-2H3,(H,13,14)/t11-/m0/s1. The summed E-state index contributed by atoms with van der Waals surface area (Å²) < 4.78 is 0. The monoisotopic (exact) mass is 199 g/mol. The maximum Gasteiger partial charge on any atom is 0.323 e. The summed E-state index contributed by atoms with van der Waals surface area (Å²) in [5.74, 6) is -0.294. The Morgan fingerprint density at radius 1 is 1.50 bits per heavy atom. The molecule has 1 aliphatic carbocycles. The number of hydrogen-bond donors (Lipinski definition) is 2. The molecule has 0 aromatic heterocycles. The average Bonchev–Trinajstić information content (AvgIpc) is 2.53. The Labute approximate surface area is 85.7 Å². The van der Waals surface area contributed by atoms with Crippen LogP contribution in [0.3, 0.4) is 0 Å². The molecule has 1 rings (SSSR count). The number of carboxylic acids is 1. The Bertz CT molecular complexity index is 209. The quantitative estimate of drug-likeness (QED) is 0.728. The summed E-state index contributed by atoms with van der Waals surface area (Å²) in [5, 5.41) is 9.22. The molecule has 0 aliphatic heterocycles. The van der Waals surface area contributed by atoms with Crippen LogP contribution in [0.2, 0.25) is 0 Å². The highest BCUT2D eigenvalue weighted by Gasteiger charge is 2.43. The lowest BCUT2D eigenvalue weighted by Gasteiger charge is -2.32. The third-order valence-electron chi connectivity index (χ3n) is 3.23. The lowest BCUT2D eigenvalue weighted by molar-refractivity contribution is -0.146. The molecule has 1 saturated carbocycles. The van der Waals surface area contributed by atoms with Crippen molar-refractivity contribution in [3.8, 4) is 0 Å². The van der Waals surface area contributed by atoms with Gasteiger partial charge in [0.1, 0.15) is 5.54 Å². The van der Waals surface area contributed by atoms with E-state index in [-0.39, 0.29) is 5.92 Å². The molecule has 14 heavy (non-hydrogen) atoms. The van der Waals surface area contributed by atoms with Crippen LogP contribution >= 0.6 is 0 Å². The van der Waals surface area contributed by atoms with Crippen molar-refractivity contribution in [1.29, 1.82) is 0 Å². The minimum Gasteiger partial charge on any atom is -0.480 e. The van der Waals surface area contributed by atoms with E-state index in [1.165, 1.54) is 0 Å². The number of carbonyl (C=O) groups is 1. The summed E-state index contributed by atoms with van der Waals surface area (Å²) >= 11 is 0. The molecule has 1 aliphatic rings. The Balaban J connectivity index is 2.74. The van der Waals surface area contributed by atoms with Crippen LogP contribution in [0.25, 0.3) is 0 Å². The van der Waals surface area contributed by atoms with Crippen LogP contribution in [0.4, 0.5) is 0 Å². The average molecular weight is 199 g/mol. The van der Waals surface area contributed by atoms with E-state index in [2.05, 4.69) is 0 Å². The predicted molar refractivity (Wildman–Crippen MR) is 56.0 cm³/mol. The zero-order valence-corrected chi connectivity index (χ0v) is 9.12. The fourth-order valence-electron chi connectivity index (χ4n) is 2.55. The number of rotatable bonds is 4. The highest BCUT2D eigenvalue weighted by Crippen LogP contribution is 2.36. The minimum absolute atomic E-state index is 0.183. The van der Waals surface area contributed by atoms with E-state index >= 15 is 0 Å². The van der Waals surface area contributed by atoms with E-state index in [9.17, 15) is 9.90 Å². The third-order valence-corrected chi connectivity index (χ3v) is 3.23. The molecule has 0 radical (unpaired) electrons. The molecule has 0 amide bonds. The van der Waals surface area contributed by atoms with E-state index in [0.717, 1.165) is 25.7 Å². The van der Waals surface area contributed by atoms with Gasteiger partial charge in [0.25, 0.3) is 0 Å². The lowest BCUT2D eigenvalue weighted by Crippen LogP contribution is -2.54. The second kappa shape index (κ2) is 4.30. The van der Waals surface area contributed by atoms with Gasteiger partial charge in [0.2, 0.25) is 0 Å². The Morgan fingerprint density at radius 2 is 2.00 bits per heavy atom. The predicted octanol–water partition coefficient (Wildman–Crippen LogP) is 2.00. The zero-order chi connectivity index (χ0) is 10.8. The topological polar surface area (TPSA) is 63.3 Å². The molecule has 0 bridgehead atoms. The van der Waals surface area contributed by atoms with E-state index in [0.29, 0.717) is 12.3 Å². The largest absolute Gasteiger partial charge is 0.480 e. The molecule has 1 fully saturated rings. The van der Waals surface area contributed by atoms with Gasteiger partial charge < -0.3 is 10.8 Å². The molecule has 0 spiro atoms. The van der Waals surface area contributed by atoms with Gasteiger partial charge in [-0.25, -0.2) is 0 Å². The summed E-state index contributed by atoms with van der Waals surface area (Å²) in [6.45, 7) is 4.05. The first-order valence-corrected chi connectivity index (χ1v) is 5.49. The highest BCUT2D eigenvalue weighted by atomic mass is 16.4. The molecule has 3 N–H and O–H groups in total. The van der Waals surface area contributed by atoms with Crippen molar-refractivity contribution in [2.24, 2.45) is 17.6 Å². The molecule has 0 unspecified atom stereocenters. The van der Waals surface area contributed by atoms with Crippen molar-refractivity contribution in [3.05, 3.63) is 0 Å². The van der Waals surface area contributed by atoms with Crippen LogP contribution in [0.15, 0.2) is 0 Å². The number of nitrogens with two attached hydrogens (primary N) is 1. The summed E-state index contributed by atoms with van der Waals surface area (Å²) in [7, 11) is 0. The van der Waals surface area contributed by atoms with Gasteiger partial charge >= 0.3 is 5.97 Å². The molecule has 3 heteroatoms. The lowest BCUT2D eigenvalue weighted by atomic mass is 9.77. The van der Waals surface area contributed by atoms with Crippen LogP contribution in [0.5, 0.6) is 0 Å². The molecule has 3 nitrogen and oxygen atoms in total. The van der Waals surface area contributed by atoms with Gasteiger partial charge in [-0.15, -0.1) is 0 Å². The number of hydrogen-bond acceptors (Lipinski definition) is 2. The first kappa shape index (κ1) is 11.5. The number of carboxylic acid groups (broad SMARTS) is 1. The smallest absolute Gasteiger partial charge is 0.323 e. The summed E-state index contributed by atoms with van der Waals surface area (Å²) in [6.07, 6.45) is 4.82. The van der Waals surface area contributed by atoms with Crippen molar-refractivity contribution >= 4 is 5.97 Å². The normalized spacial score (nSPS) is 22.6. The molecule has 1 atom stereocenters. The highest BCUT2D eigenvalue weighted by molar-refractivity contribution is 5.79. The van der Waals surface area contributed by atoms with Crippen molar-refractivity contribution in [1.82, 2.24) is 0 Å². The van der Waals surface area contributed by atoms with Crippen molar-refractivity contribution < 1.29 is 9.90 Å². The van der Waals surface area contributed by atoms with Crippen LogP contribution in [0.1, 0.15) is 46.0 Å². The zero-order valence-electron chi connectivity index (χ0n) is 9.12. The Kier molecular flexibility index (Phi) is 3.53. The third kappa shape index (κ3) is 2.27. The first-order valence-electron chi connectivity index (χ1n) is 5.49. The molecule has 0 aromatic rings. The SMILES string of the molecule is CC(C)C[C@@](N)(C(=O)O)C1CCCC1. The second-order valence-corrected chi connectivity index (χ2v) is 4.92. The van der Waals surface area contributed by atoms with Crippen LogP contribution in [-0.4, -0.2) is 16.6 Å². The van der Waals surface area contributed by atoms with Crippen molar-refractivity contribution in [2.45, 2.75) is 51.5 Å². The number of aliphatic carboxylic acids is 1. The Morgan fingerprint density at radius 3 is 2.36 bits per heavy atom. The summed E-state index contributed by atoms with van der Waals surface area (Å²) in [6, 6.07) is 0. The molecule has 82 valence electrons. The van der Waals surface area contributed by atoms with E-state index in [1.54, 1.807) is 0 Å². The van der Waals surface area contributed by atoms with Crippen LogP contribution < -0.4 is 5.73 Å². The van der Waals surface area contributed by atoms with Gasteiger partial charge in [-0.1, -0.05) is 26.7 Å². The molecule has 0 heterocycles. The van der Waals surface area contributed by atoms with Gasteiger partial charge in [0.05, 0.1) is 0 Å². The van der Waals surface area contributed by atoms with Crippen molar-refractivity contribution in [3.63, 3.8) is 0 Å². The van der Waals surface area contributed by atoms with E-state index < -0.39 is 11.5 Å². The van der Waals surface area contributed by atoms with Gasteiger partial charge in [0, 0.05) is 0 Å². The Hall–Kier alpha value is -0.570. The van der Waals surface area contributed by atoms with Gasteiger partial charge in [0.15, 0.2) is 0 Å². The summed E-state index contributed by atoms with van der Waals surface area (Å²) in [4.78, 5) is 11.2. The van der Waals surface area contributed by atoms with Gasteiger partial charge in [-0.2, -0.15) is 0 Å². The fraction of sp³-hybridized carbons (Fsp3) is 0.909. The molecule has 0 aromatic carbocycles. The molecular formula is C11H21NO2. The summed E-state index contributed by atoms with van der Waals surface area (Å²) in [5.41, 5.74) is 5.07. The van der Waals surface area contributed by atoms with Crippen molar-refractivity contribution in [2.75, 3.05) is 0 Å². The van der Waals surface area contributed by atoms with E-state index in [1.807, 2.05) is 13.8 Å². The molecular weight excluding hydrogens is 178 g/mol. The fourth-order valence-corrected chi connectivity index (χ4v) is 2.55. The molecule has 0 saturated heterocycles. The van der Waals surface area contributed by atoms with E-state index in [4.69, 9.17) is 5.73 Å². The van der Waals surface area contributed by atoms with Gasteiger partial charge in [-0.05, 0) is 31.1 Å². The minimum atomic E-state index is -0.981. The van der Waals surface area contributed by atoms with Gasteiger partial charge in [-0.3, -0.25) is 4.79 Å². The maximum absolute atomic E-state index is 11.2. The second-order valence-electron chi connectivity index (χ2n) is 4.92. The maximum atomic E-state index is 11.2. The van der Waals surface area contributed by atoms with Crippen LogP contribution in [0, 0.1) is 11.8 Å². The van der Waals surface area contributed by atoms with Crippen LogP contribution in [-0.2, 0) is 4.79 Å². The first-order chi connectivity index (χ1) is 6.47.